The summed E-state index contributed by atoms with van der Waals surface area (Å²) in [7, 11) is 1.71. The van der Waals surface area contributed by atoms with Crippen LogP contribution in [0.5, 0.6) is 0 Å². The van der Waals surface area contributed by atoms with Gasteiger partial charge in [0.2, 0.25) is 5.82 Å². The summed E-state index contributed by atoms with van der Waals surface area (Å²) in [5.74, 6) is 0.721. The van der Waals surface area contributed by atoms with Gasteiger partial charge in [0.1, 0.15) is 0 Å². The molecule has 0 saturated heterocycles. The fourth-order valence-corrected chi connectivity index (χ4v) is 1.96. The van der Waals surface area contributed by atoms with Crippen molar-refractivity contribution in [3.05, 3.63) is 33.2 Å². The largest absolute Gasteiger partial charge is 0.353 e. The summed E-state index contributed by atoms with van der Waals surface area (Å²) in [4.78, 5) is 16.2. The molecule has 2 aromatic rings. The first-order valence-corrected chi connectivity index (χ1v) is 6.11. The highest BCUT2D eigenvalue weighted by Crippen LogP contribution is 2.28. The molecule has 2 rings (SSSR count). The number of nitrogens with one attached hydrogen (secondary N) is 1. The predicted octanol–water partition coefficient (Wildman–Crippen LogP) is 1.40. The van der Waals surface area contributed by atoms with E-state index in [0.29, 0.717) is 12.4 Å². The summed E-state index contributed by atoms with van der Waals surface area (Å²) < 4.78 is 0. The minimum Gasteiger partial charge on any atom is -0.353 e. The first kappa shape index (κ1) is 14.1. The molecule has 9 nitrogen and oxygen atoms in total. The van der Waals surface area contributed by atoms with Crippen LogP contribution in [-0.4, -0.2) is 44.1 Å². The van der Waals surface area contributed by atoms with E-state index in [-0.39, 0.29) is 22.4 Å². The molecule has 0 aliphatic rings. The summed E-state index contributed by atoms with van der Waals surface area (Å²) in [5.41, 5.74) is -0.139. The highest BCUT2D eigenvalue weighted by molar-refractivity contribution is 6.30. The lowest BCUT2D eigenvalue weighted by atomic mass is 10.1. The highest BCUT2D eigenvalue weighted by Gasteiger charge is 2.22. The Hall–Kier alpha value is -2.29. The van der Waals surface area contributed by atoms with Crippen molar-refractivity contribution in [1.29, 1.82) is 0 Å². The van der Waals surface area contributed by atoms with Gasteiger partial charge in [-0.15, -0.1) is 10.2 Å². The smallest absolute Gasteiger partial charge is 0.313 e. The molecule has 0 saturated carbocycles. The number of pyridine rings is 1. The third-order valence-corrected chi connectivity index (χ3v) is 2.93. The Kier molecular flexibility index (Phi) is 4.08. The Morgan fingerprint density at radius 1 is 1.60 bits per heavy atom. The van der Waals surface area contributed by atoms with Gasteiger partial charge in [0.05, 0.1) is 9.95 Å². The third-order valence-electron chi connectivity index (χ3n) is 2.72. The number of anilines is 1. The van der Waals surface area contributed by atoms with Crippen LogP contribution in [0.1, 0.15) is 18.7 Å². The number of nitro groups is 1. The standard InChI is InChI=1S/C10H12ClN7O2/c1-6(9-13-15-16-14-9)5-17(2)10-8(18(19)20)3-7(11)4-12-10/h3-4,6H,5H2,1-2H3,(H,13,14,15,16)/t6-/m0/s1. The molecule has 20 heavy (non-hydrogen) atoms. The molecule has 0 amide bonds. The average molecular weight is 298 g/mol. The number of likely N-dealkylation sites (N-methyl/N-ethyl adjacent to an activating group) is 1. The number of rotatable bonds is 5. The van der Waals surface area contributed by atoms with Gasteiger partial charge in [-0.2, -0.15) is 5.21 Å². The molecule has 0 aliphatic heterocycles. The minimum absolute atomic E-state index is 0.0594. The maximum absolute atomic E-state index is 11.0. The van der Waals surface area contributed by atoms with Gasteiger partial charge >= 0.3 is 5.69 Å². The van der Waals surface area contributed by atoms with E-state index < -0.39 is 4.92 Å². The van der Waals surface area contributed by atoms with Crippen molar-refractivity contribution in [1.82, 2.24) is 25.6 Å². The van der Waals surface area contributed by atoms with Gasteiger partial charge in [-0.3, -0.25) is 10.1 Å². The number of aromatic amines is 1. The number of hydrogen-bond donors (Lipinski definition) is 1. The second-order valence-electron chi connectivity index (χ2n) is 4.30. The molecule has 0 spiro atoms. The fraction of sp³-hybridized carbons (Fsp3) is 0.400. The average Bonchev–Trinajstić information content (AvgIpc) is 2.92. The normalized spacial score (nSPS) is 12.2. The van der Waals surface area contributed by atoms with E-state index in [4.69, 9.17) is 11.6 Å². The Bertz CT molecular complexity index is 604. The van der Waals surface area contributed by atoms with Crippen molar-refractivity contribution in [2.45, 2.75) is 12.8 Å². The molecule has 106 valence electrons. The van der Waals surface area contributed by atoms with Crippen LogP contribution in [0.2, 0.25) is 5.02 Å². The molecule has 0 unspecified atom stereocenters. The number of hydrogen-bond acceptors (Lipinski definition) is 7. The molecule has 1 atom stereocenters. The summed E-state index contributed by atoms with van der Waals surface area (Å²) in [5, 5.41) is 24.9. The lowest BCUT2D eigenvalue weighted by molar-refractivity contribution is -0.384. The molecule has 1 N–H and O–H groups in total. The molecular weight excluding hydrogens is 286 g/mol. The van der Waals surface area contributed by atoms with Crippen LogP contribution < -0.4 is 4.90 Å². The van der Waals surface area contributed by atoms with Crippen LogP contribution in [0, 0.1) is 10.1 Å². The van der Waals surface area contributed by atoms with Crippen molar-refractivity contribution in [3.8, 4) is 0 Å². The van der Waals surface area contributed by atoms with E-state index in [1.807, 2.05) is 6.92 Å². The molecule has 0 bridgehead atoms. The monoisotopic (exact) mass is 297 g/mol. The first-order chi connectivity index (χ1) is 9.49. The van der Waals surface area contributed by atoms with E-state index in [9.17, 15) is 10.1 Å². The minimum atomic E-state index is -0.510. The van der Waals surface area contributed by atoms with Gasteiger partial charge in [0.25, 0.3) is 0 Å². The Morgan fingerprint density at radius 2 is 2.35 bits per heavy atom. The van der Waals surface area contributed by atoms with Crippen molar-refractivity contribution in [3.63, 3.8) is 0 Å². The summed E-state index contributed by atoms with van der Waals surface area (Å²) in [6.45, 7) is 2.35. The summed E-state index contributed by atoms with van der Waals surface area (Å²) in [6, 6.07) is 1.28. The topological polar surface area (TPSA) is 114 Å². The number of nitrogens with zero attached hydrogens (tertiary/aromatic N) is 6. The first-order valence-electron chi connectivity index (χ1n) is 5.73. The quantitative estimate of drug-likeness (QED) is 0.655. The second-order valence-corrected chi connectivity index (χ2v) is 4.74. The fourth-order valence-electron chi connectivity index (χ4n) is 1.81. The lowest BCUT2D eigenvalue weighted by Gasteiger charge is -2.20. The number of aromatic nitrogens is 5. The molecule has 2 heterocycles. The van der Waals surface area contributed by atoms with Gasteiger partial charge in [-0.1, -0.05) is 23.7 Å². The predicted molar refractivity (Wildman–Crippen MR) is 71.8 cm³/mol. The summed E-state index contributed by atoms with van der Waals surface area (Å²) >= 11 is 5.73. The van der Waals surface area contributed by atoms with Crippen LogP contribution in [0.4, 0.5) is 11.5 Å². The van der Waals surface area contributed by atoms with Crippen molar-refractivity contribution in [2.24, 2.45) is 0 Å². The zero-order chi connectivity index (χ0) is 14.7. The Balaban J connectivity index is 2.21. The van der Waals surface area contributed by atoms with E-state index in [1.54, 1.807) is 11.9 Å². The number of tetrazole rings is 1. The van der Waals surface area contributed by atoms with Gasteiger partial charge in [-0.25, -0.2) is 4.98 Å². The second kappa shape index (κ2) is 5.78. The Morgan fingerprint density at radius 3 is 2.95 bits per heavy atom. The van der Waals surface area contributed by atoms with Crippen LogP contribution >= 0.6 is 11.6 Å². The molecule has 0 aromatic carbocycles. The number of H-pyrrole nitrogens is 1. The van der Waals surface area contributed by atoms with E-state index in [0.717, 1.165) is 0 Å². The van der Waals surface area contributed by atoms with Gasteiger partial charge in [0.15, 0.2) is 5.82 Å². The van der Waals surface area contributed by atoms with Crippen molar-refractivity contribution >= 4 is 23.1 Å². The maximum atomic E-state index is 11.0. The summed E-state index contributed by atoms with van der Waals surface area (Å²) in [6.07, 6.45) is 1.37. The number of halogens is 1. The van der Waals surface area contributed by atoms with E-state index >= 15 is 0 Å². The SMILES string of the molecule is C[C@@H](CN(C)c1ncc(Cl)cc1[N+](=O)[O-])c1nn[nH]n1. The van der Waals surface area contributed by atoms with E-state index in [2.05, 4.69) is 25.6 Å². The third kappa shape index (κ3) is 2.99. The van der Waals surface area contributed by atoms with Crippen molar-refractivity contribution in [2.75, 3.05) is 18.5 Å². The molecule has 2 aromatic heterocycles. The Labute approximate surface area is 119 Å². The van der Waals surface area contributed by atoms with E-state index in [1.165, 1.54) is 12.3 Å². The van der Waals surface area contributed by atoms with Crippen molar-refractivity contribution < 1.29 is 4.92 Å². The molecule has 0 radical (unpaired) electrons. The maximum Gasteiger partial charge on any atom is 0.313 e. The van der Waals surface area contributed by atoms with Crippen LogP contribution in [0.25, 0.3) is 0 Å². The highest BCUT2D eigenvalue weighted by atomic mass is 35.5. The zero-order valence-corrected chi connectivity index (χ0v) is 11.6. The molecule has 10 heteroatoms. The van der Waals surface area contributed by atoms with Crippen LogP contribution in [-0.2, 0) is 0 Å². The van der Waals surface area contributed by atoms with Gasteiger partial charge < -0.3 is 4.90 Å². The lowest BCUT2D eigenvalue weighted by Crippen LogP contribution is -2.25. The molecule has 0 fully saturated rings. The zero-order valence-electron chi connectivity index (χ0n) is 10.8. The molecular formula is C10H12ClN7O2. The van der Waals surface area contributed by atoms with Crippen LogP contribution in [0.3, 0.4) is 0 Å². The molecule has 0 aliphatic carbocycles. The van der Waals surface area contributed by atoms with Gasteiger partial charge in [0, 0.05) is 31.8 Å². The van der Waals surface area contributed by atoms with Crippen LogP contribution in [0.15, 0.2) is 12.3 Å². The van der Waals surface area contributed by atoms with Gasteiger partial charge in [-0.05, 0) is 0 Å².